The number of hydrogen-bond acceptors (Lipinski definition) is 0. The molecule has 0 aliphatic carbocycles. The monoisotopic (exact) mass is 720 g/mol. The van der Waals surface area contributed by atoms with E-state index >= 15 is 0 Å². The zero-order chi connectivity index (χ0) is 15.1. The first-order valence-corrected chi connectivity index (χ1v) is 6.65. The number of benzene rings is 2. The number of rotatable bonds is 2. The molecule has 2 nitrogen and oxygen atoms in total. The van der Waals surface area contributed by atoms with Crippen molar-refractivity contribution >= 4 is 5.70 Å². The molecule has 112 valence electrons. The van der Waals surface area contributed by atoms with Gasteiger partial charge in [-0.15, -0.1) is 18.3 Å². The Labute approximate surface area is 206 Å². The molecule has 1 unspecified atom stereocenters. The zero-order valence-corrected chi connectivity index (χ0v) is 23.0. The number of nitrogens with one attached hydrogen (secondary N) is 2. The largest absolute Gasteiger partial charge is 0.699 e. The van der Waals surface area contributed by atoms with E-state index in [1.54, 1.807) is 0 Å². The second kappa shape index (κ2) is 13.2. The first-order chi connectivity index (χ1) is 9.40. The van der Waals surface area contributed by atoms with Crippen LogP contribution in [0.5, 0.6) is 0 Å². The molecular weight excluding hydrogens is 698 g/mol. The molecule has 2 aromatic rings. The fourth-order valence-electron chi connectivity index (χ4n) is 1.77. The predicted octanol–water partition coefficient (Wildman–Crippen LogP) is 6.13. The second-order valence-corrected chi connectivity index (χ2v) is 4.98. The van der Waals surface area contributed by atoms with Crippen LogP contribution in [0.1, 0.15) is 35.2 Å². The predicted molar refractivity (Wildman–Crippen MR) is 88.5 cm³/mol. The summed E-state index contributed by atoms with van der Waals surface area (Å²) in [6, 6.07) is 15.8. The maximum atomic E-state index is 7.42. The molecule has 2 rings (SSSR count). The zero-order valence-electron chi connectivity index (χ0n) is 13.6. The van der Waals surface area contributed by atoms with Gasteiger partial charge in [-0.25, -0.2) is 0 Å². The summed E-state index contributed by atoms with van der Waals surface area (Å²) in [5.74, 6) is 0. The van der Waals surface area contributed by atoms with E-state index in [-0.39, 0.29) is 94.2 Å². The van der Waals surface area contributed by atoms with E-state index in [2.05, 4.69) is 12.6 Å². The van der Waals surface area contributed by atoms with Crippen LogP contribution in [-0.4, -0.2) is 0 Å². The Morgan fingerprint density at radius 3 is 1.77 bits per heavy atom. The van der Waals surface area contributed by atoms with E-state index in [1.807, 2.05) is 63.2 Å². The van der Waals surface area contributed by atoms with Crippen molar-refractivity contribution in [2.75, 3.05) is 0 Å². The van der Waals surface area contributed by atoms with Crippen LogP contribution in [0.15, 0.2) is 55.1 Å². The topological polar surface area (TPSA) is 47.6 Å². The van der Waals surface area contributed by atoms with Crippen LogP contribution in [-0.2, 0) is 0 Å². The summed E-state index contributed by atoms with van der Waals surface area (Å²) < 4.78 is 0. The van der Waals surface area contributed by atoms with Gasteiger partial charge in [0.15, 0.2) is 0 Å². The van der Waals surface area contributed by atoms with Crippen molar-refractivity contribution in [1.29, 1.82) is 0 Å². The van der Waals surface area contributed by atoms with Crippen LogP contribution in [0.4, 0.5) is 0 Å². The van der Waals surface area contributed by atoms with E-state index in [1.165, 1.54) is 11.1 Å². The fraction of sp³-hybridized carbons (Fsp3) is 0.222. The summed E-state index contributed by atoms with van der Waals surface area (Å²) in [5.41, 5.74) is 19.4. The fourth-order valence-corrected chi connectivity index (χ4v) is 1.77. The average molecular weight is 720 g/mol. The van der Waals surface area contributed by atoms with Gasteiger partial charge < -0.3 is 11.5 Å². The van der Waals surface area contributed by atoms with Gasteiger partial charge in [-0.2, -0.15) is 0 Å². The van der Waals surface area contributed by atoms with Gasteiger partial charge >= 0.3 is 0 Å². The minimum absolute atomic E-state index is 0. The quantitative estimate of drug-likeness (QED) is 0.359. The van der Waals surface area contributed by atoms with Crippen LogP contribution in [0, 0.1) is 102 Å². The third-order valence-corrected chi connectivity index (χ3v) is 2.91. The second-order valence-electron chi connectivity index (χ2n) is 4.98. The third kappa shape index (κ3) is 9.85. The van der Waals surface area contributed by atoms with Gasteiger partial charge in [-0.3, -0.25) is 0 Å². The SMILES string of the molecule is C=C([NH-])c1cccc(C)c1.Cc1cccc(C(C)[NH-])c1.[Ac].[Ac]. The molecular formula is C18H22Ac2N2-2. The average Bonchev–Trinajstić information content (AvgIpc) is 2.39. The van der Waals surface area contributed by atoms with Gasteiger partial charge in [0.1, 0.15) is 0 Å². The first-order valence-electron chi connectivity index (χ1n) is 6.65. The van der Waals surface area contributed by atoms with Gasteiger partial charge in [-0.05, 0) is 19.4 Å². The van der Waals surface area contributed by atoms with E-state index in [9.17, 15) is 0 Å². The molecule has 0 spiro atoms. The van der Waals surface area contributed by atoms with E-state index in [4.69, 9.17) is 11.5 Å². The van der Waals surface area contributed by atoms with Gasteiger partial charge in [0.2, 0.25) is 0 Å². The normalized spacial score (nSPS) is 10.2. The van der Waals surface area contributed by atoms with Crippen LogP contribution >= 0.6 is 0 Å². The molecule has 0 saturated carbocycles. The van der Waals surface area contributed by atoms with E-state index in [0.717, 1.165) is 11.1 Å². The van der Waals surface area contributed by atoms with E-state index < -0.39 is 0 Å². The molecule has 22 heavy (non-hydrogen) atoms. The Morgan fingerprint density at radius 1 is 0.955 bits per heavy atom. The Kier molecular flexibility index (Phi) is 15.0. The molecule has 2 aromatic carbocycles. The van der Waals surface area contributed by atoms with Crippen molar-refractivity contribution in [3.8, 4) is 0 Å². The molecule has 1 atom stereocenters. The Morgan fingerprint density at radius 2 is 1.45 bits per heavy atom. The molecule has 0 amide bonds. The molecule has 4 heteroatoms. The summed E-state index contributed by atoms with van der Waals surface area (Å²) in [5, 5.41) is 0. The molecule has 2 N–H and O–H groups in total. The van der Waals surface area contributed by atoms with Crippen LogP contribution in [0.2, 0.25) is 0 Å². The molecule has 0 aliphatic rings. The van der Waals surface area contributed by atoms with Crippen molar-refractivity contribution in [1.82, 2.24) is 0 Å². The minimum Gasteiger partial charge on any atom is -0.699 e. The van der Waals surface area contributed by atoms with Gasteiger partial charge in [0.05, 0.1) is 0 Å². The number of aryl methyl sites for hydroxylation is 2. The summed E-state index contributed by atoms with van der Waals surface area (Å²) in [6.07, 6.45) is 0. The molecule has 0 saturated heterocycles. The molecule has 0 heterocycles. The van der Waals surface area contributed by atoms with Crippen LogP contribution in [0.3, 0.4) is 0 Å². The van der Waals surface area contributed by atoms with Crippen LogP contribution in [0.25, 0.3) is 17.2 Å². The Hall–Kier alpha value is 0.823. The van der Waals surface area contributed by atoms with E-state index in [0.29, 0.717) is 5.70 Å². The van der Waals surface area contributed by atoms with Crippen molar-refractivity contribution in [2.45, 2.75) is 26.8 Å². The summed E-state index contributed by atoms with van der Waals surface area (Å²) >= 11 is 0. The Balaban J connectivity index is 0. The molecule has 0 bridgehead atoms. The van der Waals surface area contributed by atoms with Crippen LogP contribution < -0.4 is 0 Å². The van der Waals surface area contributed by atoms with Gasteiger partial charge in [0.25, 0.3) is 0 Å². The minimum atomic E-state index is -0.0973. The molecule has 0 fully saturated rings. The van der Waals surface area contributed by atoms with Crippen molar-refractivity contribution in [3.63, 3.8) is 0 Å². The standard InChI is InChI=1S/C9H12N.C9H10N.2Ac/c2*1-7-4-3-5-9(6-7)8(2)10;;/h3-6,8,10H,1-2H3;3-6,10H,2H2,1H3;;/q2*-1;;. The Bertz CT molecular complexity index is 581. The maximum absolute atomic E-state index is 7.42. The number of hydrogen-bond donors (Lipinski definition) is 0. The maximum Gasteiger partial charge on any atom is 0 e. The smallest absolute Gasteiger partial charge is 0 e. The summed E-state index contributed by atoms with van der Waals surface area (Å²) in [4.78, 5) is 0. The van der Waals surface area contributed by atoms with Gasteiger partial charge in [-0.1, -0.05) is 72.1 Å². The molecule has 2 radical (unpaired) electrons. The summed E-state index contributed by atoms with van der Waals surface area (Å²) in [6.45, 7) is 9.47. The third-order valence-electron chi connectivity index (χ3n) is 2.91. The first kappa shape index (κ1) is 25.1. The van der Waals surface area contributed by atoms with Crippen molar-refractivity contribution in [3.05, 3.63) is 88.8 Å². The van der Waals surface area contributed by atoms with Crippen molar-refractivity contribution in [2.24, 2.45) is 0 Å². The van der Waals surface area contributed by atoms with Gasteiger partial charge in [0, 0.05) is 88.1 Å². The molecule has 0 aliphatic heterocycles. The summed E-state index contributed by atoms with van der Waals surface area (Å²) in [7, 11) is 0. The molecule has 0 aromatic heterocycles. The van der Waals surface area contributed by atoms with Crippen molar-refractivity contribution < 1.29 is 88.1 Å².